The minimum atomic E-state index is 0.976. The Kier molecular flexibility index (Phi) is 4.97. The second-order valence-electron chi connectivity index (χ2n) is 5.72. The van der Waals surface area contributed by atoms with Crippen LogP contribution in [0.1, 0.15) is 48.3 Å². The van der Waals surface area contributed by atoms with Gasteiger partial charge in [-0.2, -0.15) is 0 Å². The molecule has 1 aromatic heterocycles. The van der Waals surface area contributed by atoms with E-state index >= 15 is 0 Å². The molecule has 0 unspecified atom stereocenters. The Morgan fingerprint density at radius 2 is 2.18 bits per heavy atom. The van der Waals surface area contributed by atoms with Gasteiger partial charge in [0.05, 0.1) is 0 Å². The highest BCUT2D eigenvalue weighted by molar-refractivity contribution is 7.15. The molecule has 2 aromatic rings. The smallest absolute Gasteiger partial charge is 0.0381 e. The van der Waals surface area contributed by atoms with Crippen LogP contribution in [0.25, 0.3) is 10.4 Å². The molecule has 0 atom stereocenters. The maximum absolute atomic E-state index is 3.49. The van der Waals surface area contributed by atoms with Gasteiger partial charge in [-0.15, -0.1) is 11.3 Å². The summed E-state index contributed by atoms with van der Waals surface area (Å²) in [6, 6.07) is 8.75. The molecule has 1 aliphatic heterocycles. The lowest BCUT2D eigenvalue weighted by Crippen LogP contribution is -2.22. The normalized spacial score (nSPS) is 13.4. The molecule has 0 amide bonds. The standard InChI is InChI=1S/C20H23NS/c1-3-5-6-8-15-9-7-10-16(13-15)20-17(4-2)18-11-12-21-14-19(18)22-20/h7,9-10,13,21H,3-5,11-12,14H2,1-2H3. The van der Waals surface area contributed by atoms with Gasteiger partial charge in [0.25, 0.3) is 0 Å². The summed E-state index contributed by atoms with van der Waals surface area (Å²) < 4.78 is 0. The molecule has 22 heavy (non-hydrogen) atoms. The van der Waals surface area contributed by atoms with E-state index in [9.17, 15) is 0 Å². The number of benzene rings is 1. The van der Waals surface area contributed by atoms with Crippen LogP contribution in [-0.4, -0.2) is 6.54 Å². The number of hydrogen-bond donors (Lipinski definition) is 1. The van der Waals surface area contributed by atoms with Crippen molar-refractivity contribution in [3.05, 3.63) is 45.8 Å². The Labute approximate surface area is 137 Å². The van der Waals surface area contributed by atoms with Crippen molar-refractivity contribution in [2.75, 3.05) is 6.54 Å². The van der Waals surface area contributed by atoms with Gasteiger partial charge in [0, 0.05) is 28.3 Å². The first-order valence-corrected chi connectivity index (χ1v) is 9.08. The fourth-order valence-electron chi connectivity index (χ4n) is 3.03. The molecule has 0 radical (unpaired) electrons. The Morgan fingerprint density at radius 1 is 1.27 bits per heavy atom. The first-order chi connectivity index (χ1) is 10.8. The molecule has 0 fully saturated rings. The van der Waals surface area contributed by atoms with E-state index in [-0.39, 0.29) is 0 Å². The zero-order valence-corrected chi connectivity index (χ0v) is 14.3. The SMILES string of the molecule is CCCC#Cc1cccc(-c2sc3c(c2CC)CCNC3)c1. The monoisotopic (exact) mass is 309 g/mol. The zero-order valence-electron chi connectivity index (χ0n) is 13.5. The maximum atomic E-state index is 3.49. The zero-order chi connectivity index (χ0) is 15.4. The lowest BCUT2D eigenvalue weighted by Gasteiger charge is -2.13. The van der Waals surface area contributed by atoms with Crippen LogP contribution in [0.15, 0.2) is 24.3 Å². The van der Waals surface area contributed by atoms with Gasteiger partial charge in [0.1, 0.15) is 0 Å². The maximum Gasteiger partial charge on any atom is 0.0381 e. The summed E-state index contributed by atoms with van der Waals surface area (Å²) in [6.45, 7) is 6.59. The molecule has 0 saturated carbocycles. The number of unbranched alkanes of at least 4 members (excludes halogenated alkanes) is 1. The molecule has 2 heteroatoms. The molecule has 0 aliphatic carbocycles. The average Bonchev–Trinajstić information content (AvgIpc) is 2.94. The quantitative estimate of drug-likeness (QED) is 0.805. The van der Waals surface area contributed by atoms with Crippen LogP contribution in [0.2, 0.25) is 0 Å². The molecule has 1 aromatic carbocycles. The first kappa shape index (κ1) is 15.3. The van der Waals surface area contributed by atoms with Crippen LogP contribution in [0.3, 0.4) is 0 Å². The topological polar surface area (TPSA) is 12.0 Å². The molecular weight excluding hydrogens is 286 g/mol. The average molecular weight is 309 g/mol. The summed E-state index contributed by atoms with van der Waals surface area (Å²) in [5.41, 5.74) is 5.63. The number of hydrogen-bond acceptors (Lipinski definition) is 2. The van der Waals surface area contributed by atoms with E-state index in [0.717, 1.165) is 37.9 Å². The van der Waals surface area contributed by atoms with Gasteiger partial charge in [-0.1, -0.05) is 37.8 Å². The minimum Gasteiger partial charge on any atom is -0.312 e. The largest absolute Gasteiger partial charge is 0.312 e. The fourth-order valence-corrected chi connectivity index (χ4v) is 4.44. The number of thiophene rings is 1. The van der Waals surface area contributed by atoms with Gasteiger partial charge in [-0.25, -0.2) is 0 Å². The summed E-state index contributed by atoms with van der Waals surface area (Å²) >= 11 is 1.97. The lowest BCUT2D eigenvalue weighted by molar-refractivity contribution is 0.651. The van der Waals surface area contributed by atoms with Gasteiger partial charge in [-0.3, -0.25) is 0 Å². The molecular formula is C20H23NS. The second-order valence-corrected chi connectivity index (χ2v) is 6.83. The molecule has 3 rings (SSSR count). The van der Waals surface area contributed by atoms with E-state index in [1.165, 1.54) is 21.7 Å². The van der Waals surface area contributed by atoms with Crippen LogP contribution in [-0.2, 0) is 19.4 Å². The van der Waals surface area contributed by atoms with Crippen molar-refractivity contribution < 1.29 is 0 Å². The van der Waals surface area contributed by atoms with E-state index in [1.807, 2.05) is 11.3 Å². The number of nitrogens with one attached hydrogen (secondary N) is 1. The van der Waals surface area contributed by atoms with Crippen molar-refractivity contribution in [2.24, 2.45) is 0 Å². The highest BCUT2D eigenvalue weighted by Crippen LogP contribution is 2.38. The third kappa shape index (κ3) is 3.11. The van der Waals surface area contributed by atoms with Crippen molar-refractivity contribution in [3.63, 3.8) is 0 Å². The fraction of sp³-hybridized carbons (Fsp3) is 0.400. The van der Waals surface area contributed by atoms with Gasteiger partial charge >= 0.3 is 0 Å². The highest BCUT2D eigenvalue weighted by atomic mass is 32.1. The van der Waals surface area contributed by atoms with Crippen molar-refractivity contribution in [1.29, 1.82) is 0 Å². The predicted molar refractivity (Wildman–Crippen MR) is 96.3 cm³/mol. The molecule has 0 spiro atoms. The lowest BCUT2D eigenvalue weighted by atomic mass is 9.97. The molecule has 0 saturated heterocycles. The summed E-state index contributed by atoms with van der Waals surface area (Å²) in [5, 5.41) is 3.49. The third-order valence-corrected chi connectivity index (χ3v) is 5.45. The van der Waals surface area contributed by atoms with E-state index in [4.69, 9.17) is 0 Å². The third-order valence-electron chi connectivity index (χ3n) is 4.12. The molecule has 0 bridgehead atoms. The Hall–Kier alpha value is -1.56. The van der Waals surface area contributed by atoms with Crippen LogP contribution in [0.5, 0.6) is 0 Å². The summed E-state index contributed by atoms with van der Waals surface area (Å²) in [4.78, 5) is 2.98. The minimum absolute atomic E-state index is 0.976. The van der Waals surface area contributed by atoms with Gasteiger partial charge in [-0.05, 0) is 54.6 Å². The van der Waals surface area contributed by atoms with Crippen LogP contribution in [0.4, 0.5) is 0 Å². The summed E-state index contributed by atoms with van der Waals surface area (Å²) in [5.74, 6) is 6.55. The molecule has 1 nitrogen and oxygen atoms in total. The highest BCUT2D eigenvalue weighted by Gasteiger charge is 2.20. The van der Waals surface area contributed by atoms with Crippen LogP contribution >= 0.6 is 11.3 Å². The van der Waals surface area contributed by atoms with Crippen molar-refractivity contribution >= 4 is 11.3 Å². The van der Waals surface area contributed by atoms with E-state index < -0.39 is 0 Å². The van der Waals surface area contributed by atoms with Crippen LogP contribution in [0, 0.1) is 11.8 Å². The first-order valence-electron chi connectivity index (χ1n) is 8.27. The molecule has 1 aliphatic rings. The predicted octanol–water partition coefficient (Wildman–Crippen LogP) is 4.77. The van der Waals surface area contributed by atoms with Gasteiger partial charge in [0.15, 0.2) is 0 Å². The van der Waals surface area contributed by atoms with E-state index in [2.05, 4.69) is 55.3 Å². The molecule has 1 N–H and O–H groups in total. The summed E-state index contributed by atoms with van der Waals surface area (Å²) in [7, 11) is 0. The Bertz CT molecular complexity index is 715. The molecule has 114 valence electrons. The summed E-state index contributed by atoms with van der Waals surface area (Å²) in [6.07, 6.45) is 4.39. The van der Waals surface area contributed by atoms with Crippen LogP contribution < -0.4 is 5.32 Å². The number of fused-ring (bicyclic) bond motifs is 1. The van der Waals surface area contributed by atoms with E-state index in [1.54, 1.807) is 11.1 Å². The molecule has 2 heterocycles. The van der Waals surface area contributed by atoms with Crippen molar-refractivity contribution in [3.8, 4) is 22.3 Å². The van der Waals surface area contributed by atoms with E-state index in [0.29, 0.717) is 0 Å². The second kappa shape index (κ2) is 7.13. The Morgan fingerprint density at radius 3 is 3.00 bits per heavy atom. The van der Waals surface area contributed by atoms with Gasteiger partial charge in [0.2, 0.25) is 0 Å². The Balaban J connectivity index is 1.99. The van der Waals surface area contributed by atoms with Gasteiger partial charge < -0.3 is 5.32 Å². The number of rotatable bonds is 3. The van der Waals surface area contributed by atoms with Crippen molar-refractivity contribution in [2.45, 2.75) is 46.1 Å². The van der Waals surface area contributed by atoms with Crippen molar-refractivity contribution in [1.82, 2.24) is 5.32 Å².